The second kappa shape index (κ2) is 9.76. The number of halogens is 1. The van der Waals surface area contributed by atoms with Gasteiger partial charge in [-0.05, 0) is 31.2 Å². The Bertz CT molecular complexity index is 829. The van der Waals surface area contributed by atoms with Gasteiger partial charge in [-0.25, -0.2) is 9.98 Å². The summed E-state index contributed by atoms with van der Waals surface area (Å²) in [4.78, 5) is 35.8. The summed E-state index contributed by atoms with van der Waals surface area (Å²) in [6.45, 7) is 3.90. The van der Waals surface area contributed by atoms with Crippen LogP contribution in [0.25, 0.3) is 0 Å². The van der Waals surface area contributed by atoms with Crippen molar-refractivity contribution in [3.05, 3.63) is 36.0 Å². The zero-order valence-electron chi connectivity index (χ0n) is 17.2. The minimum atomic E-state index is -0.140. The Morgan fingerprint density at radius 1 is 1.20 bits per heavy atom. The first-order chi connectivity index (χ1) is 14.1. The number of carbonyl (C=O) groups is 2. The Balaban J connectivity index is 0.00000256. The van der Waals surface area contributed by atoms with Crippen LogP contribution in [0.2, 0.25) is 0 Å². The lowest BCUT2D eigenvalue weighted by Crippen LogP contribution is -2.43. The number of pyridine rings is 1. The number of imide groups is 1. The molecule has 1 saturated heterocycles. The smallest absolute Gasteiger partial charge is 0.233 e. The van der Waals surface area contributed by atoms with Crippen LogP contribution >= 0.6 is 24.0 Å². The van der Waals surface area contributed by atoms with Gasteiger partial charge in [0, 0.05) is 25.7 Å². The maximum Gasteiger partial charge on any atom is 0.233 e. The van der Waals surface area contributed by atoms with E-state index in [1.165, 1.54) is 4.90 Å². The minimum absolute atomic E-state index is 0. The molecule has 4 atom stereocenters. The number of likely N-dealkylation sites (tertiary alicyclic amines) is 1. The highest BCUT2D eigenvalue weighted by Crippen LogP contribution is 2.52. The summed E-state index contributed by atoms with van der Waals surface area (Å²) in [5, 5.41) is 6.38. The Morgan fingerprint density at radius 2 is 1.90 bits per heavy atom. The van der Waals surface area contributed by atoms with Crippen LogP contribution in [0.5, 0.6) is 5.88 Å². The number of ether oxygens (including phenoxy) is 1. The molecule has 2 amide bonds. The number of nitrogens with zero attached hydrogens (tertiary/aromatic N) is 3. The topological polar surface area (TPSA) is 95.9 Å². The molecule has 4 rings (SSSR count). The van der Waals surface area contributed by atoms with E-state index >= 15 is 0 Å². The van der Waals surface area contributed by atoms with Crippen molar-refractivity contribution in [1.29, 1.82) is 0 Å². The molecule has 2 aliphatic carbocycles. The second-order valence-corrected chi connectivity index (χ2v) is 7.62. The van der Waals surface area contributed by atoms with E-state index < -0.39 is 0 Å². The molecule has 0 radical (unpaired) electrons. The van der Waals surface area contributed by atoms with Crippen LogP contribution in [0.1, 0.15) is 19.0 Å². The molecule has 2 bridgehead atoms. The number of hydrogen-bond acceptors (Lipinski definition) is 5. The van der Waals surface area contributed by atoms with Crippen LogP contribution in [0.4, 0.5) is 0 Å². The largest absolute Gasteiger partial charge is 0.481 e. The maximum atomic E-state index is 12.7. The zero-order valence-corrected chi connectivity index (χ0v) is 19.5. The molecule has 3 aliphatic rings. The van der Waals surface area contributed by atoms with Gasteiger partial charge >= 0.3 is 0 Å². The Labute approximate surface area is 193 Å². The fraction of sp³-hybridized carbons (Fsp3) is 0.524. The first-order valence-corrected chi connectivity index (χ1v) is 10.2. The van der Waals surface area contributed by atoms with E-state index in [-0.39, 0.29) is 59.5 Å². The van der Waals surface area contributed by atoms with Gasteiger partial charge in [0.05, 0.1) is 31.2 Å². The molecule has 1 aromatic heterocycles. The minimum Gasteiger partial charge on any atom is -0.481 e. The summed E-state index contributed by atoms with van der Waals surface area (Å²) in [5.74, 6) is 1.36. The highest BCUT2D eigenvalue weighted by atomic mass is 127. The van der Waals surface area contributed by atoms with Crippen molar-refractivity contribution >= 4 is 41.8 Å². The molecule has 1 aliphatic heterocycles. The van der Waals surface area contributed by atoms with E-state index in [1.54, 1.807) is 13.2 Å². The Morgan fingerprint density at radius 3 is 2.53 bits per heavy atom. The fourth-order valence-electron chi connectivity index (χ4n) is 4.63. The third-order valence-electron chi connectivity index (χ3n) is 5.92. The summed E-state index contributed by atoms with van der Waals surface area (Å²) in [6.07, 6.45) is 5.18. The molecule has 162 valence electrons. The number of allylic oxidation sites excluding steroid dienone is 2. The van der Waals surface area contributed by atoms with Crippen LogP contribution in [-0.4, -0.2) is 54.4 Å². The summed E-state index contributed by atoms with van der Waals surface area (Å²) in [6, 6.07) is 5.55. The van der Waals surface area contributed by atoms with Crippen molar-refractivity contribution in [2.75, 3.05) is 26.7 Å². The molecular weight excluding hydrogens is 497 g/mol. The van der Waals surface area contributed by atoms with Gasteiger partial charge in [-0.1, -0.05) is 18.2 Å². The van der Waals surface area contributed by atoms with Gasteiger partial charge in [-0.2, -0.15) is 0 Å². The van der Waals surface area contributed by atoms with Crippen molar-refractivity contribution in [2.45, 2.75) is 19.9 Å². The second-order valence-electron chi connectivity index (χ2n) is 7.62. The van der Waals surface area contributed by atoms with Crippen LogP contribution in [0, 0.1) is 23.7 Å². The molecule has 0 aromatic carbocycles. The SMILES string of the molecule is CCNC(=NCc1cccc(OC)n1)NCCN1C(=O)C2C3C=CC(C3)C2C1=O.I. The van der Waals surface area contributed by atoms with Crippen molar-refractivity contribution < 1.29 is 14.3 Å². The number of carbonyl (C=O) groups excluding carboxylic acids is 2. The van der Waals surface area contributed by atoms with Gasteiger partial charge in [0.15, 0.2) is 5.96 Å². The fourth-order valence-corrected chi connectivity index (χ4v) is 4.63. The van der Waals surface area contributed by atoms with Crippen molar-refractivity contribution in [3.63, 3.8) is 0 Å². The number of amides is 2. The van der Waals surface area contributed by atoms with E-state index in [2.05, 4.69) is 32.8 Å². The average molecular weight is 525 g/mol. The van der Waals surface area contributed by atoms with E-state index in [9.17, 15) is 9.59 Å². The summed E-state index contributed by atoms with van der Waals surface area (Å²) in [7, 11) is 1.58. The molecule has 1 saturated carbocycles. The summed E-state index contributed by atoms with van der Waals surface area (Å²) >= 11 is 0. The van der Waals surface area contributed by atoms with Crippen LogP contribution in [0.3, 0.4) is 0 Å². The highest BCUT2D eigenvalue weighted by molar-refractivity contribution is 14.0. The molecule has 8 nitrogen and oxygen atoms in total. The molecule has 30 heavy (non-hydrogen) atoms. The van der Waals surface area contributed by atoms with Gasteiger partial charge in [-0.15, -0.1) is 24.0 Å². The van der Waals surface area contributed by atoms with E-state index in [0.29, 0.717) is 38.0 Å². The number of aromatic nitrogens is 1. The summed E-state index contributed by atoms with van der Waals surface area (Å²) < 4.78 is 5.14. The third kappa shape index (κ3) is 4.30. The first kappa shape index (κ1) is 22.5. The number of guanidine groups is 1. The monoisotopic (exact) mass is 525 g/mol. The van der Waals surface area contributed by atoms with E-state index in [1.807, 2.05) is 19.1 Å². The van der Waals surface area contributed by atoms with Crippen LogP contribution in [-0.2, 0) is 16.1 Å². The van der Waals surface area contributed by atoms with Crippen molar-refractivity contribution in [1.82, 2.24) is 20.5 Å². The highest BCUT2D eigenvalue weighted by Gasteiger charge is 2.58. The average Bonchev–Trinajstić information content (AvgIpc) is 3.41. The van der Waals surface area contributed by atoms with Gasteiger partial charge in [-0.3, -0.25) is 14.5 Å². The standard InChI is InChI=1S/C21H27N5O3.HI/c1-3-22-21(24-12-15-5-4-6-16(25-15)29-2)23-9-10-26-19(27)17-13-7-8-14(11-13)18(17)20(26)28;/h4-8,13-14,17-18H,3,9-12H2,1-2H3,(H2,22,23,24);1H. The quantitative estimate of drug-likeness (QED) is 0.185. The molecule has 0 spiro atoms. The van der Waals surface area contributed by atoms with E-state index in [4.69, 9.17) is 4.74 Å². The van der Waals surface area contributed by atoms with Crippen molar-refractivity contribution in [3.8, 4) is 5.88 Å². The van der Waals surface area contributed by atoms with Gasteiger partial charge in [0.2, 0.25) is 17.7 Å². The number of methoxy groups -OCH3 is 1. The van der Waals surface area contributed by atoms with Crippen LogP contribution in [0.15, 0.2) is 35.3 Å². The lowest BCUT2D eigenvalue weighted by Gasteiger charge is -2.18. The lowest BCUT2D eigenvalue weighted by atomic mass is 9.85. The number of rotatable bonds is 7. The Hall–Kier alpha value is -2.17. The molecular formula is C21H28IN5O3. The number of fused-ring (bicyclic) bond motifs is 5. The van der Waals surface area contributed by atoms with Gasteiger partial charge in [0.1, 0.15) is 0 Å². The van der Waals surface area contributed by atoms with Gasteiger partial charge in [0.25, 0.3) is 0 Å². The predicted molar refractivity (Wildman–Crippen MR) is 123 cm³/mol. The first-order valence-electron chi connectivity index (χ1n) is 10.2. The normalized spacial score (nSPS) is 26.6. The van der Waals surface area contributed by atoms with Gasteiger partial charge < -0.3 is 15.4 Å². The molecule has 2 N–H and O–H groups in total. The lowest BCUT2D eigenvalue weighted by molar-refractivity contribution is -0.140. The number of hydrogen-bond donors (Lipinski definition) is 2. The molecule has 4 unspecified atom stereocenters. The molecule has 1 aromatic rings. The number of nitrogens with one attached hydrogen (secondary N) is 2. The maximum absolute atomic E-state index is 12.7. The molecule has 2 heterocycles. The van der Waals surface area contributed by atoms with Crippen molar-refractivity contribution in [2.24, 2.45) is 28.7 Å². The predicted octanol–water partition coefficient (Wildman–Crippen LogP) is 1.57. The molecule has 9 heteroatoms. The molecule has 2 fully saturated rings. The Kier molecular flexibility index (Phi) is 7.32. The zero-order chi connectivity index (χ0) is 20.4. The number of aliphatic imine (C=N–C) groups is 1. The third-order valence-corrected chi connectivity index (χ3v) is 5.92. The summed E-state index contributed by atoms with van der Waals surface area (Å²) in [5.41, 5.74) is 0.794. The van der Waals surface area contributed by atoms with Crippen LogP contribution < -0.4 is 15.4 Å². The van der Waals surface area contributed by atoms with E-state index in [0.717, 1.165) is 12.1 Å².